The lowest BCUT2D eigenvalue weighted by atomic mass is 9.96. The highest BCUT2D eigenvalue weighted by Crippen LogP contribution is 2.31. The van der Waals surface area contributed by atoms with E-state index in [0.717, 1.165) is 31.8 Å². The molecule has 0 amide bonds. The van der Waals surface area contributed by atoms with Gasteiger partial charge < -0.3 is 14.1 Å². The number of rotatable bonds is 5. The number of furan rings is 1. The van der Waals surface area contributed by atoms with Gasteiger partial charge >= 0.3 is 5.97 Å². The zero-order valence-corrected chi connectivity index (χ0v) is 20.4. The van der Waals surface area contributed by atoms with Crippen molar-refractivity contribution in [3.63, 3.8) is 0 Å². The normalized spacial score (nSPS) is 18.4. The van der Waals surface area contributed by atoms with E-state index in [-0.39, 0.29) is 17.7 Å². The average molecular weight is 496 g/mol. The lowest BCUT2D eigenvalue weighted by Crippen LogP contribution is -2.39. The summed E-state index contributed by atoms with van der Waals surface area (Å²) in [6.45, 7) is 5.55. The largest absolute Gasteiger partial charge is 0.463 e. The van der Waals surface area contributed by atoms with Crippen LogP contribution in [0.25, 0.3) is 6.08 Å². The summed E-state index contributed by atoms with van der Waals surface area (Å²) in [5, 5.41) is 0. The van der Waals surface area contributed by atoms with Gasteiger partial charge in [0.2, 0.25) is 0 Å². The molecule has 1 fully saturated rings. The Morgan fingerprint density at radius 3 is 2.66 bits per heavy atom. The zero-order chi connectivity index (χ0) is 24.5. The lowest BCUT2D eigenvalue weighted by Gasteiger charge is -2.25. The SMILES string of the molecule is CCOC(=O)C1=C(C)N=c2s/c(=C\c3ccc(N4CCCCC4)o3)c(=O)n2[C@@H]1c1ccc(F)cc1. The molecule has 2 aliphatic rings. The fourth-order valence-corrected chi connectivity index (χ4v) is 5.61. The number of carbonyl (C=O) groups excluding carboxylic acids is 1. The number of allylic oxidation sites excluding steroid dienone is 1. The Balaban J connectivity index is 1.60. The van der Waals surface area contributed by atoms with Gasteiger partial charge in [0.25, 0.3) is 5.56 Å². The van der Waals surface area contributed by atoms with Crippen molar-refractivity contribution in [1.82, 2.24) is 4.57 Å². The van der Waals surface area contributed by atoms with Gasteiger partial charge in [-0.05, 0) is 56.9 Å². The van der Waals surface area contributed by atoms with Crippen LogP contribution in [0.3, 0.4) is 0 Å². The van der Waals surface area contributed by atoms with Crippen LogP contribution in [-0.2, 0) is 9.53 Å². The summed E-state index contributed by atoms with van der Waals surface area (Å²) in [7, 11) is 0. The first kappa shape index (κ1) is 23.3. The average Bonchev–Trinajstić information content (AvgIpc) is 3.44. The molecule has 35 heavy (non-hydrogen) atoms. The van der Waals surface area contributed by atoms with Crippen LogP contribution in [0.15, 0.2) is 61.9 Å². The van der Waals surface area contributed by atoms with Crippen molar-refractivity contribution in [1.29, 1.82) is 0 Å². The molecule has 1 saturated heterocycles. The van der Waals surface area contributed by atoms with E-state index in [1.807, 2.05) is 12.1 Å². The smallest absolute Gasteiger partial charge is 0.338 e. The number of carbonyl (C=O) groups is 1. The van der Waals surface area contributed by atoms with Crippen LogP contribution in [0.2, 0.25) is 0 Å². The van der Waals surface area contributed by atoms with Crippen LogP contribution in [0.4, 0.5) is 10.3 Å². The van der Waals surface area contributed by atoms with Gasteiger partial charge in [-0.3, -0.25) is 9.36 Å². The van der Waals surface area contributed by atoms with E-state index in [1.165, 1.54) is 34.5 Å². The van der Waals surface area contributed by atoms with Crippen LogP contribution in [0, 0.1) is 5.82 Å². The molecule has 4 heterocycles. The Hall–Kier alpha value is -3.46. The first-order valence-corrected chi connectivity index (χ1v) is 12.6. The maximum absolute atomic E-state index is 13.7. The summed E-state index contributed by atoms with van der Waals surface area (Å²) in [6, 6.07) is 8.79. The molecule has 5 rings (SSSR count). The molecule has 0 unspecified atom stereocenters. The van der Waals surface area contributed by atoms with Gasteiger partial charge in [0.05, 0.1) is 28.5 Å². The number of thiazole rings is 1. The van der Waals surface area contributed by atoms with Crippen LogP contribution >= 0.6 is 11.3 Å². The van der Waals surface area contributed by atoms with Crippen molar-refractivity contribution >= 4 is 29.3 Å². The number of halogens is 1. The number of hydrogen-bond donors (Lipinski definition) is 0. The second-order valence-electron chi connectivity index (χ2n) is 8.58. The van der Waals surface area contributed by atoms with Gasteiger partial charge in [-0.15, -0.1) is 0 Å². The van der Waals surface area contributed by atoms with E-state index < -0.39 is 17.8 Å². The number of anilines is 1. The van der Waals surface area contributed by atoms with Gasteiger partial charge in [0, 0.05) is 25.2 Å². The Kier molecular flexibility index (Phi) is 6.42. The summed E-state index contributed by atoms with van der Waals surface area (Å²) in [6.07, 6.45) is 5.22. The number of benzene rings is 1. The Bertz CT molecular complexity index is 1460. The first-order valence-electron chi connectivity index (χ1n) is 11.8. The topological polar surface area (TPSA) is 77.0 Å². The van der Waals surface area contributed by atoms with Crippen LogP contribution < -0.4 is 19.8 Å². The number of ether oxygens (including phenoxy) is 1. The third-order valence-electron chi connectivity index (χ3n) is 6.26. The summed E-state index contributed by atoms with van der Waals surface area (Å²) in [5.74, 6) is 0.431. The molecule has 0 aliphatic carbocycles. The van der Waals surface area contributed by atoms with Gasteiger partial charge in [-0.25, -0.2) is 14.2 Å². The molecular weight excluding hydrogens is 469 g/mol. The molecule has 3 aromatic rings. The van der Waals surface area contributed by atoms with E-state index in [9.17, 15) is 14.0 Å². The molecule has 2 aliphatic heterocycles. The maximum atomic E-state index is 13.7. The molecule has 7 nitrogen and oxygen atoms in total. The second-order valence-corrected chi connectivity index (χ2v) is 9.59. The Labute approximate surface area is 205 Å². The monoisotopic (exact) mass is 495 g/mol. The molecule has 9 heteroatoms. The van der Waals surface area contributed by atoms with Gasteiger partial charge in [-0.1, -0.05) is 23.5 Å². The molecule has 2 aromatic heterocycles. The fraction of sp³-hybridized carbons (Fsp3) is 0.346. The number of piperidine rings is 1. The number of fused-ring (bicyclic) bond motifs is 1. The van der Waals surface area contributed by atoms with E-state index >= 15 is 0 Å². The van der Waals surface area contributed by atoms with E-state index in [4.69, 9.17) is 9.15 Å². The Morgan fingerprint density at radius 2 is 1.94 bits per heavy atom. The van der Waals surface area contributed by atoms with Crippen molar-refractivity contribution in [2.24, 2.45) is 4.99 Å². The van der Waals surface area contributed by atoms with Crippen molar-refractivity contribution in [3.8, 4) is 0 Å². The highest BCUT2D eigenvalue weighted by Gasteiger charge is 2.33. The minimum Gasteiger partial charge on any atom is -0.463 e. The second kappa shape index (κ2) is 9.65. The number of aromatic nitrogens is 1. The number of nitrogens with zero attached hydrogens (tertiary/aromatic N) is 3. The van der Waals surface area contributed by atoms with E-state index in [0.29, 0.717) is 26.4 Å². The predicted octanol–water partition coefficient (Wildman–Crippen LogP) is 3.52. The molecule has 182 valence electrons. The standard InChI is InChI=1S/C26H26FN3O4S/c1-3-33-25(32)22-16(2)28-26-30(23(22)17-7-9-18(27)10-8-17)24(31)20(35-26)15-19-11-12-21(34-19)29-13-5-4-6-14-29/h7-12,15,23H,3-6,13-14H2,1-2H3/b20-15-/t23-/m1/s1. The van der Waals surface area contributed by atoms with Crippen molar-refractivity contribution in [2.45, 2.75) is 39.2 Å². The molecule has 0 N–H and O–H groups in total. The lowest BCUT2D eigenvalue weighted by molar-refractivity contribution is -0.139. The Morgan fingerprint density at radius 1 is 1.20 bits per heavy atom. The van der Waals surface area contributed by atoms with Crippen LogP contribution in [0.1, 0.15) is 50.5 Å². The number of esters is 1. The predicted molar refractivity (Wildman–Crippen MR) is 132 cm³/mol. The summed E-state index contributed by atoms with van der Waals surface area (Å²) in [5.41, 5.74) is 1.04. The van der Waals surface area contributed by atoms with E-state index in [2.05, 4.69) is 9.89 Å². The third kappa shape index (κ3) is 4.48. The summed E-state index contributed by atoms with van der Waals surface area (Å²) < 4.78 is 26.9. The molecule has 1 atom stereocenters. The highest BCUT2D eigenvalue weighted by atomic mass is 32.1. The molecule has 0 spiro atoms. The summed E-state index contributed by atoms with van der Waals surface area (Å²) in [4.78, 5) is 33.7. The molecule has 0 radical (unpaired) electrons. The van der Waals surface area contributed by atoms with Crippen LogP contribution in [0.5, 0.6) is 0 Å². The zero-order valence-electron chi connectivity index (χ0n) is 19.6. The van der Waals surface area contributed by atoms with Gasteiger partial charge in [-0.2, -0.15) is 0 Å². The van der Waals surface area contributed by atoms with Crippen LogP contribution in [-0.4, -0.2) is 30.2 Å². The minimum absolute atomic E-state index is 0.189. The first-order chi connectivity index (χ1) is 17.0. The third-order valence-corrected chi connectivity index (χ3v) is 7.24. The maximum Gasteiger partial charge on any atom is 0.338 e. The fourth-order valence-electron chi connectivity index (χ4n) is 4.59. The molecule has 0 saturated carbocycles. The molecule has 0 bridgehead atoms. The van der Waals surface area contributed by atoms with Gasteiger partial charge in [0.15, 0.2) is 10.7 Å². The van der Waals surface area contributed by atoms with Crippen molar-refractivity contribution < 1.29 is 18.3 Å². The minimum atomic E-state index is -0.770. The van der Waals surface area contributed by atoms with Crippen molar-refractivity contribution in [3.05, 3.63) is 84.5 Å². The number of hydrogen-bond acceptors (Lipinski definition) is 7. The van der Waals surface area contributed by atoms with E-state index in [1.54, 1.807) is 32.1 Å². The molecular formula is C26H26FN3O4S. The summed E-state index contributed by atoms with van der Waals surface area (Å²) >= 11 is 1.23. The van der Waals surface area contributed by atoms with Crippen molar-refractivity contribution in [2.75, 3.05) is 24.6 Å². The highest BCUT2D eigenvalue weighted by molar-refractivity contribution is 7.07. The molecule has 1 aromatic carbocycles. The van der Waals surface area contributed by atoms with Gasteiger partial charge in [0.1, 0.15) is 11.6 Å². The quantitative estimate of drug-likeness (QED) is 0.507.